The zero-order valence-electron chi connectivity index (χ0n) is 17.6. The standard InChI is InChI=1S/C20H3Br4F5I2O7S/c21-8-6(19(32)37-3-1-4(30)18(5(31)2-3)39(34,35)36)7(9(22)11(24)10(8)23)20(33)38-17-15(28)13(26)12(25)14(27)16(17)29/h1-2H,(H,34,35,36). The Kier molecular flexibility index (Phi) is 10.5. The average molecular weight is 1060 g/mol. The van der Waals surface area contributed by atoms with Crippen LogP contribution in [0.2, 0.25) is 0 Å². The second-order valence-corrected chi connectivity index (χ2v) is 13.7. The lowest BCUT2D eigenvalue weighted by Crippen LogP contribution is -2.21. The molecule has 0 aliphatic heterocycles. The van der Waals surface area contributed by atoms with Gasteiger partial charge in [0, 0.05) is 25.0 Å². The number of benzene rings is 3. The summed E-state index contributed by atoms with van der Waals surface area (Å²) in [6, 6.07) is 2.15. The van der Waals surface area contributed by atoms with Crippen molar-refractivity contribution in [2.24, 2.45) is 0 Å². The largest absolute Gasteiger partial charge is 0.423 e. The van der Waals surface area contributed by atoms with Gasteiger partial charge in [0.05, 0.1) is 11.1 Å². The molecule has 0 saturated heterocycles. The van der Waals surface area contributed by atoms with Crippen molar-refractivity contribution in [2.45, 2.75) is 4.90 Å². The first-order valence-corrected chi connectivity index (χ1v) is 15.9. The van der Waals surface area contributed by atoms with E-state index in [9.17, 15) is 44.5 Å². The SMILES string of the molecule is O=C(Oc1cc(I)c(S(=O)(=O)O)c(I)c1)c1c(Br)c(Br)c(Br)c(Br)c1C(=O)Oc1c(F)c(F)c(F)c(F)c1F. The van der Waals surface area contributed by atoms with E-state index in [2.05, 4.69) is 68.5 Å². The van der Waals surface area contributed by atoms with Crippen molar-refractivity contribution < 1.29 is 54.0 Å². The van der Waals surface area contributed by atoms with E-state index in [4.69, 9.17) is 4.74 Å². The van der Waals surface area contributed by atoms with Crippen LogP contribution in [0, 0.1) is 36.2 Å². The van der Waals surface area contributed by atoms with Crippen LogP contribution in [0.5, 0.6) is 11.5 Å². The molecular weight excluding hydrogens is 1050 g/mol. The topological polar surface area (TPSA) is 107 Å². The summed E-state index contributed by atoms with van der Waals surface area (Å²) < 4.78 is 111. The molecule has 0 amide bonds. The fourth-order valence-corrected chi connectivity index (χ4v) is 9.27. The van der Waals surface area contributed by atoms with Gasteiger partial charge < -0.3 is 9.47 Å². The van der Waals surface area contributed by atoms with Gasteiger partial charge in [-0.15, -0.1) is 0 Å². The molecule has 0 bridgehead atoms. The van der Waals surface area contributed by atoms with Gasteiger partial charge >= 0.3 is 11.9 Å². The Morgan fingerprint density at radius 2 is 1.05 bits per heavy atom. The Labute approximate surface area is 275 Å². The highest BCUT2D eigenvalue weighted by Gasteiger charge is 2.34. The van der Waals surface area contributed by atoms with Gasteiger partial charge in [-0.25, -0.2) is 22.8 Å². The van der Waals surface area contributed by atoms with Crippen LogP contribution < -0.4 is 9.47 Å². The number of carbonyl (C=O) groups is 2. The summed E-state index contributed by atoms with van der Waals surface area (Å²) in [6.45, 7) is 0. The summed E-state index contributed by atoms with van der Waals surface area (Å²) in [5, 5.41) is 0. The van der Waals surface area contributed by atoms with Crippen molar-refractivity contribution in [3.05, 3.63) is 77.4 Å². The average Bonchev–Trinajstić information content (AvgIpc) is 2.83. The molecule has 3 aromatic carbocycles. The molecule has 3 aromatic rings. The van der Waals surface area contributed by atoms with Crippen LogP contribution in [0.25, 0.3) is 0 Å². The predicted octanol–water partition coefficient (Wildman–Crippen LogP) is 8.33. The maximum absolute atomic E-state index is 14.2. The Hall–Kier alpha value is -0.460. The van der Waals surface area contributed by atoms with E-state index in [1.54, 1.807) is 45.2 Å². The minimum Gasteiger partial charge on any atom is -0.423 e. The van der Waals surface area contributed by atoms with Gasteiger partial charge in [-0.2, -0.15) is 17.2 Å². The number of rotatable bonds is 5. The maximum atomic E-state index is 14.2. The third-order valence-corrected chi connectivity index (χ3v) is 12.6. The predicted molar refractivity (Wildman–Crippen MR) is 155 cm³/mol. The normalized spacial score (nSPS) is 11.5. The highest BCUT2D eigenvalue weighted by atomic mass is 127. The van der Waals surface area contributed by atoms with Crippen LogP contribution in [0.3, 0.4) is 0 Å². The van der Waals surface area contributed by atoms with Crippen LogP contribution in [0.15, 0.2) is 34.9 Å². The summed E-state index contributed by atoms with van der Waals surface area (Å²) in [4.78, 5) is 25.8. The quantitative estimate of drug-likeness (QED) is 0.0522. The molecule has 0 saturated carbocycles. The van der Waals surface area contributed by atoms with E-state index in [1.165, 1.54) is 0 Å². The molecule has 0 atom stereocenters. The molecule has 0 aliphatic carbocycles. The van der Waals surface area contributed by atoms with Crippen molar-refractivity contribution in [3.8, 4) is 11.5 Å². The molecule has 3 rings (SSSR count). The molecule has 0 spiro atoms. The van der Waals surface area contributed by atoms with Gasteiger partial charge in [-0.3, -0.25) is 4.55 Å². The van der Waals surface area contributed by atoms with Crippen LogP contribution in [0.1, 0.15) is 20.7 Å². The van der Waals surface area contributed by atoms with E-state index in [1.807, 2.05) is 0 Å². The Bertz CT molecular complexity index is 1650. The first kappa shape index (κ1) is 33.0. The highest BCUT2D eigenvalue weighted by Crippen LogP contribution is 2.43. The highest BCUT2D eigenvalue weighted by molar-refractivity contribution is 14.1. The van der Waals surface area contributed by atoms with Crippen molar-refractivity contribution in [1.82, 2.24) is 0 Å². The molecule has 19 heteroatoms. The minimum absolute atomic E-state index is 0.0343. The summed E-state index contributed by atoms with van der Waals surface area (Å²) in [6.07, 6.45) is 0. The molecule has 0 fully saturated rings. The number of hydrogen-bond donors (Lipinski definition) is 1. The molecular formula is C20H3Br4F5I2O7S. The first-order chi connectivity index (χ1) is 17.9. The van der Waals surface area contributed by atoms with Gasteiger partial charge in [0.1, 0.15) is 10.6 Å². The fourth-order valence-electron chi connectivity index (χ4n) is 2.83. The molecule has 0 heterocycles. The van der Waals surface area contributed by atoms with Gasteiger partial charge in [0.2, 0.25) is 34.8 Å². The first-order valence-electron chi connectivity index (χ1n) is 9.18. The van der Waals surface area contributed by atoms with Gasteiger partial charge in [0.25, 0.3) is 10.1 Å². The van der Waals surface area contributed by atoms with E-state index >= 15 is 0 Å². The number of esters is 2. The Balaban J connectivity index is 2.16. The summed E-state index contributed by atoms with van der Waals surface area (Å²) in [5.41, 5.74) is -1.39. The maximum Gasteiger partial charge on any atom is 0.345 e. The number of halogens is 11. The van der Waals surface area contributed by atoms with Gasteiger partial charge in [-0.1, -0.05) is 0 Å². The lowest BCUT2D eigenvalue weighted by molar-refractivity contribution is 0.0680. The van der Waals surface area contributed by atoms with E-state index in [0.29, 0.717) is 0 Å². The zero-order valence-corrected chi connectivity index (χ0v) is 29.1. The number of ether oxygens (including phenoxy) is 2. The lowest BCUT2D eigenvalue weighted by atomic mass is 10.1. The smallest absolute Gasteiger partial charge is 0.345 e. The van der Waals surface area contributed by atoms with Gasteiger partial charge in [0.15, 0.2) is 0 Å². The van der Waals surface area contributed by atoms with Crippen LogP contribution in [-0.2, 0) is 10.1 Å². The van der Waals surface area contributed by atoms with Crippen molar-refractivity contribution in [2.75, 3.05) is 0 Å². The second-order valence-electron chi connectivity index (χ2n) is 6.88. The van der Waals surface area contributed by atoms with Crippen molar-refractivity contribution in [3.63, 3.8) is 0 Å². The fraction of sp³-hybridized carbons (Fsp3) is 0. The third kappa shape index (κ3) is 6.48. The van der Waals surface area contributed by atoms with Crippen molar-refractivity contribution in [1.29, 1.82) is 0 Å². The van der Waals surface area contributed by atoms with Crippen LogP contribution in [-0.4, -0.2) is 24.9 Å². The van der Waals surface area contributed by atoms with E-state index in [-0.39, 0.29) is 30.8 Å². The minimum atomic E-state index is -4.63. The Morgan fingerprint density at radius 3 is 1.44 bits per heavy atom. The second kappa shape index (κ2) is 12.4. The molecule has 1 N–H and O–H groups in total. The van der Waals surface area contributed by atoms with Crippen molar-refractivity contribution >= 4 is 131 Å². The lowest BCUT2D eigenvalue weighted by Gasteiger charge is -2.17. The van der Waals surface area contributed by atoms with E-state index < -0.39 is 72.9 Å². The number of hydrogen-bond acceptors (Lipinski definition) is 6. The van der Waals surface area contributed by atoms with Crippen LogP contribution in [0.4, 0.5) is 22.0 Å². The molecule has 39 heavy (non-hydrogen) atoms. The van der Waals surface area contributed by atoms with Crippen LogP contribution >= 0.6 is 109 Å². The summed E-state index contributed by atoms with van der Waals surface area (Å²) in [5.74, 6) is -17.3. The molecule has 0 radical (unpaired) electrons. The Morgan fingerprint density at radius 1 is 0.692 bits per heavy atom. The third-order valence-electron chi connectivity index (χ3n) is 4.48. The molecule has 0 unspecified atom stereocenters. The molecule has 0 aliphatic rings. The van der Waals surface area contributed by atoms with Gasteiger partial charge in [-0.05, 0) is 121 Å². The summed E-state index contributed by atoms with van der Waals surface area (Å²) >= 11 is 15.5. The molecule has 0 aromatic heterocycles. The van der Waals surface area contributed by atoms with E-state index in [0.717, 1.165) is 12.1 Å². The zero-order chi connectivity index (χ0) is 29.7. The molecule has 7 nitrogen and oxygen atoms in total. The summed E-state index contributed by atoms with van der Waals surface area (Å²) in [7, 11) is -4.63. The molecule has 208 valence electrons. The number of carbonyl (C=O) groups excluding carboxylic acids is 2. The monoisotopic (exact) mass is 1050 g/mol.